The van der Waals surface area contributed by atoms with Crippen molar-refractivity contribution in [2.75, 3.05) is 25.5 Å². The lowest BCUT2D eigenvalue weighted by Crippen LogP contribution is -2.30. The molecule has 0 atom stereocenters. The van der Waals surface area contributed by atoms with Gasteiger partial charge < -0.3 is 15.0 Å². The van der Waals surface area contributed by atoms with Gasteiger partial charge in [-0.15, -0.1) is 0 Å². The van der Waals surface area contributed by atoms with Gasteiger partial charge in [0.15, 0.2) is 0 Å². The first-order valence-electron chi connectivity index (χ1n) is 8.50. The van der Waals surface area contributed by atoms with E-state index in [9.17, 15) is 9.59 Å². The molecule has 2 amide bonds. The lowest BCUT2D eigenvalue weighted by atomic mass is 10.1. The molecule has 0 unspecified atom stereocenters. The van der Waals surface area contributed by atoms with Crippen LogP contribution in [0.4, 0.5) is 5.69 Å². The first kappa shape index (κ1) is 19.8. The first-order chi connectivity index (χ1) is 12.5. The van der Waals surface area contributed by atoms with Crippen molar-refractivity contribution in [1.82, 2.24) is 4.90 Å². The summed E-state index contributed by atoms with van der Waals surface area (Å²) in [6.07, 6.45) is 0.217. The molecule has 0 saturated heterocycles. The highest BCUT2D eigenvalue weighted by atomic mass is 35.5. The molecule has 2 rings (SSSR count). The number of carbonyl (C=O) groups is 2. The molecular formula is C20H23ClN2O3. The molecule has 0 radical (unpaired) electrons. The van der Waals surface area contributed by atoms with Crippen LogP contribution in [0, 0.1) is 0 Å². The Morgan fingerprint density at radius 2 is 1.85 bits per heavy atom. The molecule has 0 spiro atoms. The van der Waals surface area contributed by atoms with Crippen LogP contribution in [-0.2, 0) is 11.2 Å². The zero-order chi connectivity index (χ0) is 19.1. The number of rotatable bonds is 7. The van der Waals surface area contributed by atoms with Crippen LogP contribution >= 0.6 is 11.6 Å². The maximum Gasteiger partial charge on any atom is 0.255 e. The third kappa shape index (κ3) is 4.99. The summed E-state index contributed by atoms with van der Waals surface area (Å²) in [6, 6.07) is 12.3. The van der Waals surface area contributed by atoms with Crippen molar-refractivity contribution < 1.29 is 14.3 Å². The number of amides is 2. The lowest BCUT2D eigenvalue weighted by molar-refractivity contribution is -0.115. The Hall–Kier alpha value is -2.53. The Balaban J connectivity index is 2.06. The third-order valence-corrected chi connectivity index (χ3v) is 4.35. The first-order valence-corrected chi connectivity index (χ1v) is 8.87. The summed E-state index contributed by atoms with van der Waals surface area (Å²) in [7, 11) is 1.59. The van der Waals surface area contributed by atoms with Crippen LogP contribution in [0.15, 0.2) is 42.5 Å². The van der Waals surface area contributed by atoms with Crippen molar-refractivity contribution in [2.45, 2.75) is 20.3 Å². The van der Waals surface area contributed by atoms with E-state index in [1.165, 1.54) is 0 Å². The maximum atomic E-state index is 12.4. The summed E-state index contributed by atoms with van der Waals surface area (Å²) in [5.74, 6) is 0.420. The molecule has 0 bridgehead atoms. The topological polar surface area (TPSA) is 58.6 Å². The number of halogens is 1. The van der Waals surface area contributed by atoms with Gasteiger partial charge >= 0.3 is 0 Å². The van der Waals surface area contributed by atoms with Crippen LogP contribution in [0.3, 0.4) is 0 Å². The van der Waals surface area contributed by atoms with Crippen LogP contribution in [0.25, 0.3) is 0 Å². The number of anilines is 1. The van der Waals surface area contributed by atoms with Crippen molar-refractivity contribution in [2.24, 2.45) is 0 Å². The second-order valence-electron chi connectivity index (χ2n) is 5.75. The zero-order valence-electron chi connectivity index (χ0n) is 15.2. The fourth-order valence-electron chi connectivity index (χ4n) is 2.62. The number of benzene rings is 2. The molecule has 0 saturated carbocycles. The maximum absolute atomic E-state index is 12.4. The van der Waals surface area contributed by atoms with Gasteiger partial charge in [0.2, 0.25) is 5.91 Å². The van der Waals surface area contributed by atoms with E-state index >= 15 is 0 Å². The minimum absolute atomic E-state index is 0.116. The van der Waals surface area contributed by atoms with Gasteiger partial charge in [-0.25, -0.2) is 0 Å². The molecular weight excluding hydrogens is 352 g/mol. The van der Waals surface area contributed by atoms with Gasteiger partial charge in [0.25, 0.3) is 5.91 Å². The fourth-order valence-corrected chi connectivity index (χ4v) is 2.88. The summed E-state index contributed by atoms with van der Waals surface area (Å²) in [6.45, 7) is 5.07. The average Bonchev–Trinajstić information content (AvgIpc) is 2.62. The van der Waals surface area contributed by atoms with E-state index in [-0.39, 0.29) is 18.2 Å². The van der Waals surface area contributed by atoms with Crippen molar-refractivity contribution in [3.05, 3.63) is 58.6 Å². The average molecular weight is 375 g/mol. The molecule has 26 heavy (non-hydrogen) atoms. The van der Waals surface area contributed by atoms with Crippen LogP contribution in [0.5, 0.6) is 5.75 Å². The smallest absolute Gasteiger partial charge is 0.255 e. The highest BCUT2D eigenvalue weighted by molar-refractivity contribution is 6.34. The van der Waals surface area contributed by atoms with E-state index in [1.807, 2.05) is 38.1 Å². The van der Waals surface area contributed by atoms with Gasteiger partial charge in [0, 0.05) is 18.8 Å². The number of nitrogens with one attached hydrogen (secondary N) is 1. The van der Waals surface area contributed by atoms with E-state index in [0.29, 0.717) is 35.1 Å². The molecule has 0 aliphatic carbocycles. The summed E-state index contributed by atoms with van der Waals surface area (Å²) in [4.78, 5) is 26.3. The number of carbonyl (C=O) groups excluding carboxylic acids is 2. The lowest BCUT2D eigenvalue weighted by Gasteiger charge is -2.19. The predicted octanol–water partition coefficient (Wildman–Crippen LogP) is 4.01. The molecule has 0 heterocycles. The summed E-state index contributed by atoms with van der Waals surface area (Å²) in [5.41, 5.74) is 1.83. The highest BCUT2D eigenvalue weighted by Crippen LogP contribution is 2.23. The molecule has 0 aromatic heterocycles. The van der Waals surface area contributed by atoms with Gasteiger partial charge in [0.1, 0.15) is 5.75 Å². The Bertz CT molecular complexity index is 788. The fraction of sp³-hybridized carbons (Fsp3) is 0.300. The quantitative estimate of drug-likeness (QED) is 0.796. The standard InChI is InChI=1S/C20H23ClN2O3/c1-4-23(5-2)20(25)17-10-9-15(13-18(17)21)22-19(24)12-14-7-6-8-16(11-14)26-3/h6-11,13H,4-5,12H2,1-3H3,(H,22,24). The second-order valence-corrected chi connectivity index (χ2v) is 6.16. The van der Waals surface area contributed by atoms with E-state index in [2.05, 4.69) is 5.32 Å². The van der Waals surface area contributed by atoms with Crippen LogP contribution < -0.4 is 10.1 Å². The van der Waals surface area contributed by atoms with Gasteiger partial charge in [-0.05, 0) is 49.7 Å². The molecule has 5 nitrogen and oxygen atoms in total. The largest absolute Gasteiger partial charge is 0.497 e. The number of methoxy groups -OCH3 is 1. The summed E-state index contributed by atoms with van der Waals surface area (Å²) < 4.78 is 5.16. The normalized spacial score (nSPS) is 10.3. The molecule has 0 fully saturated rings. The minimum atomic E-state index is -0.169. The molecule has 0 aliphatic rings. The number of hydrogen-bond acceptors (Lipinski definition) is 3. The van der Waals surface area contributed by atoms with Crippen molar-refractivity contribution in [3.8, 4) is 5.75 Å². The van der Waals surface area contributed by atoms with Crippen molar-refractivity contribution >= 4 is 29.1 Å². The van der Waals surface area contributed by atoms with Gasteiger partial charge in [-0.3, -0.25) is 9.59 Å². The predicted molar refractivity (Wildman–Crippen MR) is 104 cm³/mol. The molecule has 0 aliphatic heterocycles. The van der Waals surface area contributed by atoms with Crippen LogP contribution in [0.2, 0.25) is 5.02 Å². The van der Waals surface area contributed by atoms with Gasteiger partial charge in [0.05, 0.1) is 24.1 Å². The third-order valence-electron chi connectivity index (χ3n) is 4.03. The molecule has 2 aromatic rings. The molecule has 2 aromatic carbocycles. The Morgan fingerprint density at radius 1 is 1.12 bits per heavy atom. The van der Waals surface area contributed by atoms with E-state index < -0.39 is 0 Å². The van der Waals surface area contributed by atoms with Crippen LogP contribution in [-0.4, -0.2) is 36.9 Å². The zero-order valence-corrected chi connectivity index (χ0v) is 16.0. The van der Waals surface area contributed by atoms with E-state index in [4.69, 9.17) is 16.3 Å². The number of ether oxygens (including phenoxy) is 1. The monoisotopic (exact) mass is 374 g/mol. The van der Waals surface area contributed by atoms with E-state index in [0.717, 1.165) is 5.56 Å². The Labute approximate surface area is 158 Å². The number of nitrogens with zero attached hydrogens (tertiary/aromatic N) is 1. The van der Waals surface area contributed by atoms with E-state index in [1.54, 1.807) is 30.2 Å². The van der Waals surface area contributed by atoms with Crippen molar-refractivity contribution in [1.29, 1.82) is 0 Å². The van der Waals surface area contributed by atoms with Gasteiger partial charge in [-0.2, -0.15) is 0 Å². The Morgan fingerprint density at radius 3 is 2.46 bits per heavy atom. The number of hydrogen-bond donors (Lipinski definition) is 1. The molecule has 6 heteroatoms. The van der Waals surface area contributed by atoms with Crippen molar-refractivity contribution in [3.63, 3.8) is 0 Å². The van der Waals surface area contributed by atoms with Gasteiger partial charge in [-0.1, -0.05) is 23.7 Å². The van der Waals surface area contributed by atoms with Crippen LogP contribution in [0.1, 0.15) is 29.8 Å². The summed E-state index contributed by atoms with van der Waals surface area (Å²) in [5, 5.41) is 3.12. The SMILES string of the molecule is CCN(CC)C(=O)c1ccc(NC(=O)Cc2cccc(OC)c2)cc1Cl. The minimum Gasteiger partial charge on any atom is -0.497 e. The summed E-state index contributed by atoms with van der Waals surface area (Å²) >= 11 is 6.25. The molecule has 138 valence electrons. The highest BCUT2D eigenvalue weighted by Gasteiger charge is 2.16. The molecule has 1 N–H and O–H groups in total. The second kappa shape index (κ2) is 9.25. The Kier molecular flexibility index (Phi) is 7.04.